The van der Waals surface area contributed by atoms with E-state index in [0.29, 0.717) is 10.6 Å². The number of benzene rings is 2. The maximum absolute atomic E-state index is 13.1. The number of aliphatic hydroxyl groups excluding tert-OH is 1. The van der Waals surface area contributed by atoms with E-state index in [9.17, 15) is 13.9 Å². The Bertz CT molecular complexity index is 604. The van der Waals surface area contributed by atoms with Crippen molar-refractivity contribution in [1.82, 2.24) is 5.32 Å². The lowest BCUT2D eigenvalue weighted by atomic mass is 10.1. The fourth-order valence-electron chi connectivity index (χ4n) is 2.00. The van der Waals surface area contributed by atoms with E-state index in [1.54, 1.807) is 12.1 Å². The molecular weight excluding hydrogens is 296 g/mol. The van der Waals surface area contributed by atoms with Crippen molar-refractivity contribution in [1.29, 1.82) is 0 Å². The van der Waals surface area contributed by atoms with Gasteiger partial charge in [0.15, 0.2) is 11.6 Å². The molecule has 0 aliphatic rings. The Balaban J connectivity index is 1.95. The summed E-state index contributed by atoms with van der Waals surface area (Å²) in [6.45, 7) is 2.18. The number of halogens is 3. The molecule has 0 aliphatic heterocycles. The van der Waals surface area contributed by atoms with Crippen molar-refractivity contribution >= 4 is 11.6 Å². The second kappa shape index (κ2) is 6.98. The van der Waals surface area contributed by atoms with Crippen molar-refractivity contribution in [3.63, 3.8) is 0 Å². The normalized spacial score (nSPS) is 14.0. The lowest BCUT2D eigenvalue weighted by Gasteiger charge is -2.18. The second-order valence-electron chi connectivity index (χ2n) is 4.87. The van der Waals surface area contributed by atoms with Gasteiger partial charge in [-0.05, 0) is 42.3 Å². The molecular formula is C16H16ClF2NO. The van der Waals surface area contributed by atoms with Crippen LogP contribution in [0.5, 0.6) is 0 Å². The van der Waals surface area contributed by atoms with Gasteiger partial charge in [0.1, 0.15) is 0 Å². The average molecular weight is 312 g/mol. The van der Waals surface area contributed by atoms with Crippen molar-refractivity contribution in [2.75, 3.05) is 6.54 Å². The van der Waals surface area contributed by atoms with Gasteiger partial charge in [-0.3, -0.25) is 0 Å². The molecule has 0 aliphatic carbocycles. The van der Waals surface area contributed by atoms with Gasteiger partial charge >= 0.3 is 0 Å². The third-order valence-electron chi connectivity index (χ3n) is 3.32. The van der Waals surface area contributed by atoms with E-state index in [-0.39, 0.29) is 12.6 Å². The highest BCUT2D eigenvalue weighted by molar-refractivity contribution is 6.30. The number of nitrogens with one attached hydrogen (secondary N) is 1. The van der Waals surface area contributed by atoms with Crippen molar-refractivity contribution in [2.45, 2.75) is 19.1 Å². The highest BCUT2D eigenvalue weighted by Gasteiger charge is 2.12. The van der Waals surface area contributed by atoms with E-state index in [2.05, 4.69) is 5.32 Å². The van der Waals surface area contributed by atoms with Crippen LogP contribution in [0.15, 0.2) is 42.5 Å². The SMILES string of the molecule is C[C@@H](NCC(O)c1ccc(F)c(F)c1)c1ccc(Cl)cc1. The molecule has 1 unspecified atom stereocenters. The predicted molar refractivity (Wildman–Crippen MR) is 79.2 cm³/mol. The molecule has 0 bridgehead atoms. The summed E-state index contributed by atoms with van der Waals surface area (Å²) < 4.78 is 26.0. The van der Waals surface area contributed by atoms with Crippen LogP contribution in [0, 0.1) is 11.6 Å². The van der Waals surface area contributed by atoms with Gasteiger partial charge in [-0.25, -0.2) is 8.78 Å². The first kappa shape index (κ1) is 15.9. The fraction of sp³-hybridized carbons (Fsp3) is 0.250. The molecule has 2 rings (SSSR count). The van der Waals surface area contributed by atoms with Crippen LogP contribution in [0.1, 0.15) is 30.2 Å². The lowest BCUT2D eigenvalue weighted by Crippen LogP contribution is -2.24. The van der Waals surface area contributed by atoms with Crippen LogP contribution in [-0.2, 0) is 0 Å². The molecule has 0 aromatic heterocycles. The third kappa shape index (κ3) is 4.24. The maximum Gasteiger partial charge on any atom is 0.159 e. The third-order valence-corrected chi connectivity index (χ3v) is 3.57. The summed E-state index contributed by atoms with van der Waals surface area (Å²) in [4.78, 5) is 0. The summed E-state index contributed by atoms with van der Waals surface area (Å²) in [6, 6.07) is 10.8. The standard InChI is InChI=1S/C16H16ClF2NO/c1-10(11-2-5-13(17)6-3-11)20-9-16(21)12-4-7-14(18)15(19)8-12/h2-8,10,16,20-21H,9H2,1H3/t10-,16?/m1/s1. The summed E-state index contributed by atoms with van der Waals surface area (Å²) >= 11 is 5.82. The minimum atomic E-state index is -0.961. The minimum absolute atomic E-state index is 0.00205. The molecule has 0 radical (unpaired) electrons. The van der Waals surface area contributed by atoms with Crippen LogP contribution < -0.4 is 5.32 Å². The Morgan fingerprint density at radius 1 is 1.05 bits per heavy atom. The van der Waals surface area contributed by atoms with E-state index in [4.69, 9.17) is 11.6 Å². The van der Waals surface area contributed by atoms with Crippen LogP contribution in [0.3, 0.4) is 0 Å². The Kier molecular flexibility index (Phi) is 5.28. The number of hydrogen-bond donors (Lipinski definition) is 2. The summed E-state index contributed by atoms with van der Waals surface area (Å²) in [5, 5.41) is 13.8. The first-order valence-electron chi connectivity index (χ1n) is 6.59. The average Bonchev–Trinajstić information content (AvgIpc) is 2.48. The number of aliphatic hydroxyl groups is 1. The molecule has 0 heterocycles. The van der Waals surface area contributed by atoms with E-state index in [0.717, 1.165) is 17.7 Å². The summed E-state index contributed by atoms with van der Waals surface area (Å²) in [6.07, 6.45) is -0.908. The molecule has 0 fully saturated rings. The van der Waals surface area contributed by atoms with Gasteiger partial charge in [0.25, 0.3) is 0 Å². The van der Waals surface area contributed by atoms with Crippen molar-refractivity contribution in [3.8, 4) is 0 Å². The predicted octanol–water partition coefficient (Wildman–Crippen LogP) is 4.00. The van der Waals surface area contributed by atoms with Gasteiger partial charge in [-0.2, -0.15) is 0 Å². The molecule has 5 heteroatoms. The highest BCUT2D eigenvalue weighted by atomic mass is 35.5. The Morgan fingerprint density at radius 2 is 1.67 bits per heavy atom. The van der Waals surface area contributed by atoms with Crippen LogP contribution >= 0.6 is 11.6 Å². The first-order chi connectivity index (χ1) is 9.97. The zero-order valence-corrected chi connectivity index (χ0v) is 12.2. The van der Waals surface area contributed by atoms with Crippen molar-refractivity contribution in [2.24, 2.45) is 0 Å². The van der Waals surface area contributed by atoms with Gasteiger partial charge in [0.2, 0.25) is 0 Å². The van der Waals surface area contributed by atoms with Crippen LogP contribution in [-0.4, -0.2) is 11.7 Å². The monoisotopic (exact) mass is 311 g/mol. The van der Waals surface area contributed by atoms with E-state index < -0.39 is 17.7 Å². The van der Waals surface area contributed by atoms with Crippen molar-refractivity contribution in [3.05, 3.63) is 70.2 Å². The van der Waals surface area contributed by atoms with E-state index in [1.165, 1.54) is 6.07 Å². The Labute approximate surface area is 127 Å². The van der Waals surface area contributed by atoms with Gasteiger partial charge in [-0.1, -0.05) is 29.8 Å². The minimum Gasteiger partial charge on any atom is -0.387 e. The molecule has 2 N–H and O–H groups in total. The molecule has 0 amide bonds. The molecule has 112 valence electrons. The molecule has 2 nitrogen and oxygen atoms in total. The molecule has 0 spiro atoms. The topological polar surface area (TPSA) is 32.3 Å². The highest BCUT2D eigenvalue weighted by Crippen LogP contribution is 2.19. The van der Waals surface area contributed by atoms with Gasteiger partial charge in [-0.15, -0.1) is 0 Å². The molecule has 0 saturated carbocycles. The Hall–Kier alpha value is -1.49. The molecule has 2 aromatic rings. The van der Waals surface area contributed by atoms with Gasteiger partial charge in [0.05, 0.1) is 6.10 Å². The fourth-order valence-corrected chi connectivity index (χ4v) is 2.12. The maximum atomic E-state index is 13.1. The van der Waals surface area contributed by atoms with Gasteiger partial charge in [0, 0.05) is 17.6 Å². The molecule has 21 heavy (non-hydrogen) atoms. The zero-order chi connectivity index (χ0) is 15.4. The Morgan fingerprint density at radius 3 is 2.29 bits per heavy atom. The largest absolute Gasteiger partial charge is 0.387 e. The number of hydrogen-bond acceptors (Lipinski definition) is 2. The van der Waals surface area contributed by atoms with Crippen LogP contribution in [0.2, 0.25) is 5.02 Å². The van der Waals surface area contributed by atoms with Crippen LogP contribution in [0.4, 0.5) is 8.78 Å². The summed E-state index contributed by atoms with van der Waals surface area (Å²) in [7, 11) is 0. The smallest absolute Gasteiger partial charge is 0.159 e. The summed E-state index contributed by atoms with van der Waals surface area (Å²) in [5.41, 5.74) is 1.36. The van der Waals surface area contributed by atoms with E-state index in [1.807, 2.05) is 19.1 Å². The quantitative estimate of drug-likeness (QED) is 0.874. The van der Waals surface area contributed by atoms with Crippen molar-refractivity contribution < 1.29 is 13.9 Å². The zero-order valence-electron chi connectivity index (χ0n) is 11.5. The van der Waals surface area contributed by atoms with Gasteiger partial charge < -0.3 is 10.4 Å². The molecule has 0 saturated heterocycles. The molecule has 2 atom stereocenters. The second-order valence-corrected chi connectivity index (χ2v) is 5.31. The van der Waals surface area contributed by atoms with E-state index >= 15 is 0 Å². The lowest BCUT2D eigenvalue weighted by molar-refractivity contribution is 0.170. The summed E-state index contributed by atoms with van der Waals surface area (Å²) in [5.74, 6) is -1.88. The first-order valence-corrected chi connectivity index (χ1v) is 6.97. The number of rotatable bonds is 5. The molecule has 2 aromatic carbocycles. The van der Waals surface area contributed by atoms with Crippen LogP contribution in [0.25, 0.3) is 0 Å².